The van der Waals surface area contributed by atoms with E-state index in [0.717, 1.165) is 54.1 Å². The van der Waals surface area contributed by atoms with Crippen LogP contribution < -0.4 is 10.2 Å². The summed E-state index contributed by atoms with van der Waals surface area (Å²) in [5.74, 6) is 1.21. The molecule has 3 heterocycles. The molecular formula is C29H31ClN6O2. The van der Waals surface area contributed by atoms with E-state index < -0.39 is 0 Å². The van der Waals surface area contributed by atoms with Crippen LogP contribution in [-0.2, 0) is 11.2 Å². The SMILES string of the molecule is CC(=O)NCCN(c1cccc(C(=O)N2CCC(Cc3ccc(Cl)cc3)CC2)c1)c1ncnc2[nH]ccc12. The van der Waals surface area contributed by atoms with Gasteiger partial charge in [0.2, 0.25) is 5.91 Å². The van der Waals surface area contributed by atoms with Crippen molar-refractivity contribution in [2.45, 2.75) is 26.2 Å². The molecule has 0 atom stereocenters. The molecule has 1 aliphatic heterocycles. The van der Waals surface area contributed by atoms with E-state index >= 15 is 0 Å². The number of halogens is 1. The number of hydrogen-bond acceptors (Lipinski definition) is 5. The summed E-state index contributed by atoms with van der Waals surface area (Å²) in [5, 5.41) is 4.48. The molecule has 2 N–H and O–H groups in total. The predicted molar refractivity (Wildman–Crippen MR) is 150 cm³/mol. The number of fused-ring (bicyclic) bond motifs is 1. The van der Waals surface area contributed by atoms with E-state index in [4.69, 9.17) is 11.6 Å². The van der Waals surface area contributed by atoms with Gasteiger partial charge in [0.25, 0.3) is 5.91 Å². The van der Waals surface area contributed by atoms with Crippen molar-refractivity contribution in [3.05, 3.63) is 83.3 Å². The Morgan fingerprint density at radius 3 is 2.66 bits per heavy atom. The lowest BCUT2D eigenvalue weighted by molar-refractivity contribution is -0.118. The Hall–Kier alpha value is -3.91. The molecule has 0 radical (unpaired) electrons. The molecule has 4 aromatic rings. The summed E-state index contributed by atoms with van der Waals surface area (Å²) in [6, 6.07) is 17.6. The number of nitrogens with zero attached hydrogens (tertiary/aromatic N) is 4. The first kappa shape index (κ1) is 25.7. The van der Waals surface area contributed by atoms with E-state index in [2.05, 4.69) is 32.4 Å². The lowest BCUT2D eigenvalue weighted by Crippen LogP contribution is -2.39. The van der Waals surface area contributed by atoms with Crippen molar-refractivity contribution < 1.29 is 9.59 Å². The van der Waals surface area contributed by atoms with Gasteiger partial charge in [0.05, 0.1) is 5.39 Å². The second-order valence-electron chi connectivity index (χ2n) is 9.69. The van der Waals surface area contributed by atoms with Crippen LogP contribution in [0.15, 0.2) is 67.1 Å². The molecule has 5 rings (SSSR count). The van der Waals surface area contributed by atoms with Crippen molar-refractivity contribution in [3.8, 4) is 0 Å². The molecule has 0 aliphatic carbocycles. The fourth-order valence-corrected chi connectivity index (χ4v) is 5.18. The van der Waals surface area contributed by atoms with Crippen LogP contribution >= 0.6 is 11.6 Å². The monoisotopic (exact) mass is 530 g/mol. The maximum absolute atomic E-state index is 13.5. The lowest BCUT2D eigenvalue weighted by Gasteiger charge is -2.32. The minimum atomic E-state index is -0.0946. The molecule has 2 amide bonds. The van der Waals surface area contributed by atoms with Crippen LogP contribution in [0.3, 0.4) is 0 Å². The number of piperidine rings is 1. The fraction of sp³-hybridized carbons (Fsp3) is 0.310. The Bertz CT molecular complexity index is 1410. The Morgan fingerprint density at radius 2 is 1.89 bits per heavy atom. The van der Waals surface area contributed by atoms with E-state index in [-0.39, 0.29) is 11.8 Å². The zero-order valence-electron chi connectivity index (χ0n) is 21.4. The molecule has 2 aromatic heterocycles. The number of likely N-dealkylation sites (tertiary alicyclic amines) is 1. The number of amides is 2. The van der Waals surface area contributed by atoms with Gasteiger partial charge in [-0.2, -0.15) is 0 Å². The maximum Gasteiger partial charge on any atom is 0.253 e. The number of aromatic amines is 1. The molecule has 2 aromatic carbocycles. The zero-order valence-corrected chi connectivity index (χ0v) is 22.1. The van der Waals surface area contributed by atoms with Gasteiger partial charge in [-0.1, -0.05) is 29.8 Å². The maximum atomic E-state index is 13.5. The smallest absolute Gasteiger partial charge is 0.253 e. The van der Waals surface area contributed by atoms with Gasteiger partial charge < -0.3 is 20.1 Å². The van der Waals surface area contributed by atoms with Gasteiger partial charge in [-0.05, 0) is 67.1 Å². The first-order chi connectivity index (χ1) is 18.5. The third-order valence-corrected chi connectivity index (χ3v) is 7.29. The minimum absolute atomic E-state index is 0.0353. The van der Waals surface area contributed by atoms with Crippen molar-refractivity contribution >= 4 is 46.0 Å². The first-order valence-corrected chi connectivity index (χ1v) is 13.3. The van der Waals surface area contributed by atoms with Crippen molar-refractivity contribution in [1.82, 2.24) is 25.2 Å². The number of hydrogen-bond donors (Lipinski definition) is 2. The van der Waals surface area contributed by atoms with Crippen molar-refractivity contribution in [3.63, 3.8) is 0 Å². The van der Waals surface area contributed by atoms with Crippen LogP contribution in [0.2, 0.25) is 5.02 Å². The third-order valence-electron chi connectivity index (χ3n) is 7.04. The summed E-state index contributed by atoms with van der Waals surface area (Å²) in [4.78, 5) is 40.9. The Morgan fingerprint density at radius 1 is 1.11 bits per heavy atom. The van der Waals surface area contributed by atoms with Gasteiger partial charge in [0.1, 0.15) is 17.8 Å². The van der Waals surface area contributed by atoms with Crippen molar-refractivity contribution in [1.29, 1.82) is 0 Å². The molecule has 8 nitrogen and oxygen atoms in total. The number of carbonyl (C=O) groups is 2. The largest absolute Gasteiger partial charge is 0.355 e. The van der Waals surface area contributed by atoms with Gasteiger partial charge in [0.15, 0.2) is 0 Å². The summed E-state index contributed by atoms with van der Waals surface area (Å²) < 4.78 is 0. The molecule has 0 spiro atoms. The first-order valence-electron chi connectivity index (χ1n) is 12.9. The van der Waals surface area contributed by atoms with E-state index in [1.165, 1.54) is 18.8 Å². The number of H-pyrrole nitrogens is 1. The molecule has 1 fully saturated rings. The van der Waals surface area contributed by atoms with E-state index in [1.807, 2.05) is 58.5 Å². The number of carbonyl (C=O) groups excluding carboxylic acids is 2. The molecule has 38 heavy (non-hydrogen) atoms. The van der Waals surface area contributed by atoms with Gasteiger partial charge in [-0.25, -0.2) is 9.97 Å². The number of rotatable bonds is 8. The van der Waals surface area contributed by atoms with Crippen LogP contribution in [0.1, 0.15) is 35.7 Å². The van der Waals surface area contributed by atoms with E-state index in [1.54, 1.807) is 0 Å². The van der Waals surface area contributed by atoms with Crippen LogP contribution in [0.25, 0.3) is 11.0 Å². The molecule has 0 bridgehead atoms. The summed E-state index contributed by atoms with van der Waals surface area (Å²) in [7, 11) is 0. The molecule has 196 valence electrons. The van der Waals surface area contributed by atoms with Crippen LogP contribution in [0.4, 0.5) is 11.5 Å². The normalized spacial score (nSPS) is 14.0. The van der Waals surface area contributed by atoms with Crippen molar-refractivity contribution in [2.24, 2.45) is 5.92 Å². The molecule has 0 saturated carbocycles. The quantitative estimate of drug-likeness (QED) is 0.335. The summed E-state index contributed by atoms with van der Waals surface area (Å²) >= 11 is 6.02. The fourth-order valence-electron chi connectivity index (χ4n) is 5.06. The highest BCUT2D eigenvalue weighted by Crippen LogP contribution is 2.30. The minimum Gasteiger partial charge on any atom is -0.355 e. The number of aromatic nitrogens is 3. The third kappa shape index (κ3) is 5.97. The zero-order chi connectivity index (χ0) is 26.5. The van der Waals surface area contributed by atoms with Gasteiger partial charge in [0, 0.05) is 55.6 Å². The predicted octanol–water partition coefficient (Wildman–Crippen LogP) is 4.98. The molecule has 1 saturated heterocycles. The average molecular weight is 531 g/mol. The summed E-state index contributed by atoms with van der Waals surface area (Å²) in [6.07, 6.45) is 6.30. The highest BCUT2D eigenvalue weighted by molar-refractivity contribution is 6.30. The molecule has 9 heteroatoms. The molecular weight excluding hydrogens is 500 g/mol. The molecule has 1 aliphatic rings. The average Bonchev–Trinajstić information content (AvgIpc) is 3.42. The summed E-state index contributed by atoms with van der Waals surface area (Å²) in [6.45, 7) is 3.90. The topological polar surface area (TPSA) is 94.2 Å². The Labute approximate surface area is 227 Å². The van der Waals surface area contributed by atoms with Crippen LogP contribution in [0, 0.1) is 5.92 Å². The van der Waals surface area contributed by atoms with Crippen LogP contribution in [0.5, 0.6) is 0 Å². The van der Waals surface area contributed by atoms with Gasteiger partial charge in [-0.3, -0.25) is 9.59 Å². The Kier molecular flexibility index (Phi) is 7.89. The second-order valence-corrected chi connectivity index (χ2v) is 10.1. The lowest BCUT2D eigenvalue weighted by atomic mass is 9.90. The second kappa shape index (κ2) is 11.6. The van der Waals surface area contributed by atoms with E-state index in [9.17, 15) is 9.59 Å². The number of anilines is 2. The van der Waals surface area contributed by atoms with Gasteiger partial charge >= 0.3 is 0 Å². The molecule has 0 unspecified atom stereocenters. The van der Waals surface area contributed by atoms with E-state index in [0.29, 0.717) is 30.4 Å². The standard InChI is InChI=1S/C29H31ClN6O2/c1-20(37)31-13-16-36(28-26-9-12-32-27(26)33-19-34-28)25-4-2-3-23(18-25)29(38)35-14-10-22(11-15-35)17-21-5-7-24(30)8-6-21/h2-9,12,18-19,22H,10-11,13-17H2,1H3,(H,31,37)(H,32,33,34). The number of nitrogens with one attached hydrogen (secondary N) is 2. The van der Waals surface area contributed by atoms with Gasteiger partial charge in [-0.15, -0.1) is 0 Å². The van der Waals surface area contributed by atoms with Crippen molar-refractivity contribution in [2.75, 3.05) is 31.1 Å². The Balaban J connectivity index is 1.31. The highest BCUT2D eigenvalue weighted by atomic mass is 35.5. The number of benzene rings is 2. The van der Waals surface area contributed by atoms with Crippen LogP contribution in [-0.4, -0.2) is 57.8 Å². The highest BCUT2D eigenvalue weighted by Gasteiger charge is 2.25. The summed E-state index contributed by atoms with van der Waals surface area (Å²) in [5.41, 5.74) is 3.49.